The Morgan fingerprint density at radius 3 is 2.08 bits per heavy atom. The Kier molecular flexibility index (Phi) is 5.83. The molecule has 3 atom stereocenters. The van der Waals surface area contributed by atoms with Crippen LogP contribution in [0.15, 0.2) is 0 Å². The van der Waals surface area contributed by atoms with E-state index in [1.54, 1.807) is 0 Å². The minimum atomic E-state index is -1.20. The van der Waals surface area contributed by atoms with Gasteiger partial charge in [-0.2, -0.15) is 0 Å². The number of rotatable bonds is 6. The maximum Gasteiger partial charge on any atom is 0.148 e. The molecule has 12 heavy (non-hydrogen) atoms. The highest BCUT2D eigenvalue weighted by Crippen LogP contribution is 2.04. The fourth-order valence-electron chi connectivity index (χ4n) is 0.819. The van der Waals surface area contributed by atoms with Gasteiger partial charge in [-0.1, -0.05) is 0 Å². The largest absolute Gasteiger partial charge is 0.394 e. The van der Waals surface area contributed by atoms with E-state index in [0.717, 1.165) is 0 Å². The molecule has 0 bridgehead atoms. The summed E-state index contributed by atoms with van der Waals surface area (Å²) in [4.78, 5) is 9.92. The molecule has 0 aliphatic rings. The predicted molar refractivity (Wildman–Crippen MR) is 40.4 cm³/mol. The van der Waals surface area contributed by atoms with Gasteiger partial charge < -0.3 is 25.2 Å². The molecule has 4 N–H and O–H groups in total. The van der Waals surface area contributed by atoms with Gasteiger partial charge in [-0.3, -0.25) is 0 Å². The van der Waals surface area contributed by atoms with E-state index in [4.69, 9.17) is 20.4 Å². The Balaban J connectivity index is 3.57. The number of hydrogen-bond donors (Lipinski definition) is 4. The average Bonchev–Trinajstić information content (AvgIpc) is 2.03. The second-order valence-corrected chi connectivity index (χ2v) is 2.67. The summed E-state index contributed by atoms with van der Waals surface area (Å²) in [5.41, 5.74) is 0. The summed E-state index contributed by atoms with van der Waals surface area (Å²) in [7, 11) is 0. The molecule has 0 aliphatic carbocycles. The second kappa shape index (κ2) is 6.07. The van der Waals surface area contributed by atoms with Gasteiger partial charge in [-0.15, -0.1) is 0 Å². The zero-order chi connectivity index (χ0) is 9.56. The standard InChI is InChI=1S/C7H14O5/c8-3-6(11)1-5(10)2-7(12)4-9/h3,5-7,9-12H,1-2,4H2. The van der Waals surface area contributed by atoms with Crippen LogP contribution in [0.3, 0.4) is 0 Å². The summed E-state index contributed by atoms with van der Waals surface area (Å²) in [6.07, 6.45) is -3.01. The molecule has 0 aromatic heterocycles. The van der Waals surface area contributed by atoms with Crippen LogP contribution >= 0.6 is 0 Å². The number of hydrogen-bond acceptors (Lipinski definition) is 5. The summed E-state index contributed by atoms with van der Waals surface area (Å²) >= 11 is 0. The predicted octanol–water partition coefficient (Wildman–Crippen LogP) is -1.96. The Labute approximate surface area is 70.3 Å². The summed E-state index contributed by atoms with van der Waals surface area (Å²) < 4.78 is 0. The molecule has 5 nitrogen and oxygen atoms in total. The van der Waals surface area contributed by atoms with Crippen molar-refractivity contribution in [2.24, 2.45) is 0 Å². The van der Waals surface area contributed by atoms with E-state index in [0.29, 0.717) is 6.29 Å². The molecule has 0 fully saturated rings. The molecule has 0 amide bonds. The van der Waals surface area contributed by atoms with Gasteiger partial charge >= 0.3 is 0 Å². The van der Waals surface area contributed by atoms with Gasteiger partial charge in [0.25, 0.3) is 0 Å². The topological polar surface area (TPSA) is 98.0 Å². The van der Waals surface area contributed by atoms with E-state index in [-0.39, 0.29) is 12.8 Å². The van der Waals surface area contributed by atoms with Crippen molar-refractivity contribution in [2.75, 3.05) is 6.61 Å². The van der Waals surface area contributed by atoms with Crippen LogP contribution in [0.2, 0.25) is 0 Å². The molecule has 0 saturated carbocycles. The van der Waals surface area contributed by atoms with Crippen molar-refractivity contribution in [3.05, 3.63) is 0 Å². The van der Waals surface area contributed by atoms with Crippen molar-refractivity contribution >= 4 is 6.29 Å². The highest BCUT2D eigenvalue weighted by atomic mass is 16.3. The molecular formula is C7H14O5. The third kappa shape index (κ3) is 5.20. The summed E-state index contributed by atoms with van der Waals surface area (Å²) in [5.74, 6) is 0. The minimum Gasteiger partial charge on any atom is -0.394 e. The fourth-order valence-corrected chi connectivity index (χ4v) is 0.819. The molecular weight excluding hydrogens is 164 g/mol. The first-order chi connectivity index (χ1) is 5.60. The van der Waals surface area contributed by atoms with E-state index >= 15 is 0 Å². The van der Waals surface area contributed by atoms with Crippen molar-refractivity contribution in [3.8, 4) is 0 Å². The van der Waals surface area contributed by atoms with Crippen LogP contribution in [0, 0.1) is 0 Å². The Morgan fingerprint density at radius 1 is 1.08 bits per heavy atom. The first-order valence-corrected chi connectivity index (χ1v) is 3.70. The normalized spacial score (nSPS) is 18.3. The van der Waals surface area contributed by atoms with Crippen LogP contribution in [0.5, 0.6) is 0 Å². The summed E-state index contributed by atoms with van der Waals surface area (Å²) in [6.45, 7) is -0.436. The highest BCUT2D eigenvalue weighted by molar-refractivity contribution is 5.55. The van der Waals surface area contributed by atoms with Crippen molar-refractivity contribution < 1.29 is 25.2 Å². The van der Waals surface area contributed by atoms with Gasteiger partial charge in [0.05, 0.1) is 18.8 Å². The molecule has 0 aliphatic heterocycles. The van der Waals surface area contributed by atoms with Crippen molar-refractivity contribution in [2.45, 2.75) is 31.2 Å². The number of carbonyl (C=O) groups is 1. The van der Waals surface area contributed by atoms with Crippen molar-refractivity contribution in [3.63, 3.8) is 0 Å². The minimum absolute atomic E-state index is 0.0403. The fraction of sp³-hybridized carbons (Fsp3) is 0.857. The van der Waals surface area contributed by atoms with Crippen molar-refractivity contribution in [1.82, 2.24) is 0 Å². The SMILES string of the molecule is O=CC(O)CC(O)CC(O)CO. The maximum absolute atomic E-state index is 9.92. The molecule has 72 valence electrons. The number of aliphatic hydroxyl groups is 4. The van der Waals surface area contributed by atoms with Gasteiger partial charge in [0.2, 0.25) is 0 Å². The van der Waals surface area contributed by atoms with E-state index in [1.165, 1.54) is 0 Å². The maximum atomic E-state index is 9.92. The van der Waals surface area contributed by atoms with Gasteiger partial charge in [-0.25, -0.2) is 0 Å². The smallest absolute Gasteiger partial charge is 0.148 e. The lowest BCUT2D eigenvalue weighted by Gasteiger charge is -2.14. The van der Waals surface area contributed by atoms with E-state index in [9.17, 15) is 4.79 Å². The lowest BCUT2D eigenvalue weighted by Crippen LogP contribution is -2.25. The molecule has 0 radical (unpaired) electrons. The lowest BCUT2D eigenvalue weighted by atomic mass is 10.1. The van der Waals surface area contributed by atoms with Gasteiger partial charge in [0, 0.05) is 12.8 Å². The van der Waals surface area contributed by atoms with Crippen LogP contribution in [0.4, 0.5) is 0 Å². The van der Waals surface area contributed by atoms with Gasteiger partial charge in [0.1, 0.15) is 12.4 Å². The third-order valence-electron chi connectivity index (χ3n) is 1.43. The van der Waals surface area contributed by atoms with Crippen LogP contribution < -0.4 is 0 Å². The number of aldehydes is 1. The number of aliphatic hydroxyl groups excluding tert-OH is 4. The summed E-state index contributed by atoms with van der Waals surface area (Å²) in [5, 5.41) is 35.0. The molecule has 0 heterocycles. The van der Waals surface area contributed by atoms with Crippen LogP contribution in [0.1, 0.15) is 12.8 Å². The quantitative estimate of drug-likeness (QED) is 0.354. The zero-order valence-corrected chi connectivity index (χ0v) is 6.63. The van der Waals surface area contributed by atoms with Crippen LogP contribution in [-0.4, -0.2) is 51.6 Å². The average molecular weight is 178 g/mol. The molecule has 0 aromatic carbocycles. The van der Waals surface area contributed by atoms with Gasteiger partial charge in [0.15, 0.2) is 0 Å². The molecule has 0 rings (SSSR count). The molecule has 0 aromatic rings. The number of carbonyl (C=O) groups excluding carboxylic acids is 1. The van der Waals surface area contributed by atoms with E-state index in [1.807, 2.05) is 0 Å². The monoisotopic (exact) mass is 178 g/mol. The summed E-state index contributed by atoms with van der Waals surface area (Å²) in [6, 6.07) is 0. The lowest BCUT2D eigenvalue weighted by molar-refractivity contribution is -0.116. The van der Waals surface area contributed by atoms with Crippen LogP contribution in [-0.2, 0) is 4.79 Å². The van der Waals surface area contributed by atoms with Gasteiger partial charge in [-0.05, 0) is 0 Å². The first kappa shape index (κ1) is 11.5. The van der Waals surface area contributed by atoms with E-state index < -0.39 is 24.9 Å². The third-order valence-corrected chi connectivity index (χ3v) is 1.43. The molecule has 3 unspecified atom stereocenters. The zero-order valence-electron chi connectivity index (χ0n) is 6.63. The Bertz CT molecular complexity index is 127. The first-order valence-electron chi connectivity index (χ1n) is 3.70. The Hall–Kier alpha value is -0.490. The highest BCUT2D eigenvalue weighted by Gasteiger charge is 2.14. The van der Waals surface area contributed by atoms with Crippen LogP contribution in [0.25, 0.3) is 0 Å². The Morgan fingerprint density at radius 2 is 1.67 bits per heavy atom. The molecule has 0 spiro atoms. The molecule has 5 heteroatoms. The second-order valence-electron chi connectivity index (χ2n) is 2.67. The van der Waals surface area contributed by atoms with E-state index in [2.05, 4.69) is 0 Å². The van der Waals surface area contributed by atoms with Crippen molar-refractivity contribution in [1.29, 1.82) is 0 Å². The molecule has 0 saturated heterocycles.